The van der Waals surface area contributed by atoms with Crippen LogP contribution in [0, 0.1) is 0 Å². The van der Waals surface area contributed by atoms with Crippen molar-refractivity contribution in [1.29, 1.82) is 0 Å². The van der Waals surface area contributed by atoms with E-state index in [1.54, 1.807) is 6.07 Å². The third-order valence-electron chi connectivity index (χ3n) is 3.49. The van der Waals surface area contributed by atoms with Crippen molar-refractivity contribution in [2.24, 2.45) is 0 Å². The highest BCUT2D eigenvalue weighted by Crippen LogP contribution is 2.47. The second kappa shape index (κ2) is 5.39. The molecule has 0 saturated carbocycles. The van der Waals surface area contributed by atoms with Gasteiger partial charge in [0.2, 0.25) is 0 Å². The molecule has 0 unspecified atom stereocenters. The maximum atomic E-state index is 9.70. The predicted molar refractivity (Wildman–Crippen MR) is 83.1 cm³/mol. The molecule has 0 saturated heterocycles. The lowest BCUT2D eigenvalue weighted by Gasteiger charge is -2.18. The highest BCUT2D eigenvalue weighted by atomic mass is 79.9. The van der Waals surface area contributed by atoms with E-state index in [1.807, 2.05) is 30.3 Å². The molecule has 0 fully saturated rings. The summed E-state index contributed by atoms with van der Waals surface area (Å²) < 4.78 is 7.54. The van der Waals surface area contributed by atoms with Crippen molar-refractivity contribution < 1.29 is 14.9 Å². The largest absolute Gasteiger partial charge is 0.507 e. The van der Waals surface area contributed by atoms with E-state index in [1.165, 1.54) is 0 Å². The van der Waals surface area contributed by atoms with E-state index in [2.05, 4.69) is 31.9 Å². The third kappa shape index (κ3) is 2.34. The van der Waals surface area contributed by atoms with Gasteiger partial charge in [0.25, 0.3) is 0 Å². The van der Waals surface area contributed by atoms with Gasteiger partial charge in [-0.3, -0.25) is 0 Å². The molecule has 0 aliphatic carbocycles. The molecule has 104 valence electrons. The monoisotopic (exact) mass is 398 g/mol. The lowest BCUT2D eigenvalue weighted by Crippen LogP contribution is -2.13. The summed E-state index contributed by atoms with van der Waals surface area (Å²) in [7, 11) is 0. The number of aromatic hydroxyl groups is 1. The fraction of sp³-hybridized carbons (Fsp3) is 0.200. The lowest BCUT2D eigenvalue weighted by molar-refractivity contribution is 0.160. The van der Waals surface area contributed by atoms with Gasteiger partial charge in [-0.25, -0.2) is 0 Å². The molecule has 20 heavy (non-hydrogen) atoms. The van der Waals surface area contributed by atoms with Gasteiger partial charge in [0.15, 0.2) is 0 Å². The van der Waals surface area contributed by atoms with Crippen LogP contribution >= 0.6 is 31.9 Å². The molecule has 3 nitrogen and oxygen atoms in total. The molecule has 2 atom stereocenters. The van der Waals surface area contributed by atoms with Crippen molar-refractivity contribution in [3.63, 3.8) is 0 Å². The van der Waals surface area contributed by atoms with Crippen LogP contribution in [0.4, 0.5) is 0 Å². The first-order chi connectivity index (χ1) is 9.60. The van der Waals surface area contributed by atoms with E-state index in [4.69, 9.17) is 4.74 Å². The number of rotatable bonds is 2. The molecule has 2 aromatic carbocycles. The minimum absolute atomic E-state index is 0.00656. The van der Waals surface area contributed by atoms with Gasteiger partial charge in [0, 0.05) is 10.0 Å². The normalized spacial score (nSPS) is 20.6. The van der Waals surface area contributed by atoms with Crippen LogP contribution in [0.15, 0.2) is 45.3 Å². The highest BCUT2D eigenvalue weighted by Gasteiger charge is 2.35. The Hall–Kier alpha value is -1.04. The first-order valence-electron chi connectivity index (χ1n) is 6.15. The van der Waals surface area contributed by atoms with Gasteiger partial charge in [-0.1, -0.05) is 22.0 Å². The molecule has 2 aromatic rings. The third-order valence-corrected chi connectivity index (χ3v) is 4.62. The van der Waals surface area contributed by atoms with Crippen LogP contribution in [-0.2, 0) is 0 Å². The molecule has 3 rings (SSSR count). The van der Waals surface area contributed by atoms with Gasteiger partial charge in [0.05, 0.1) is 17.0 Å². The van der Waals surface area contributed by atoms with Crippen molar-refractivity contribution in [3.8, 4) is 11.5 Å². The summed E-state index contributed by atoms with van der Waals surface area (Å²) in [6.45, 7) is 0.00656. The van der Waals surface area contributed by atoms with Crippen molar-refractivity contribution in [3.05, 3.63) is 56.5 Å². The molecule has 0 spiro atoms. The van der Waals surface area contributed by atoms with Crippen molar-refractivity contribution in [2.75, 3.05) is 6.61 Å². The number of hydrogen-bond donors (Lipinski definition) is 2. The Labute approximate surface area is 133 Å². The van der Waals surface area contributed by atoms with Crippen molar-refractivity contribution >= 4 is 31.9 Å². The van der Waals surface area contributed by atoms with Crippen LogP contribution in [-0.4, -0.2) is 16.8 Å². The average molecular weight is 400 g/mol. The number of hydrogen-bond acceptors (Lipinski definition) is 3. The van der Waals surface area contributed by atoms with E-state index in [-0.39, 0.29) is 24.4 Å². The quantitative estimate of drug-likeness (QED) is 0.798. The van der Waals surface area contributed by atoms with Crippen LogP contribution < -0.4 is 4.74 Å². The topological polar surface area (TPSA) is 49.7 Å². The zero-order chi connectivity index (χ0) is 14.3. The zero-order valence-corrected chi connectivity index (χ0v) is 13.6. The molecule has 0 aromatic heterocycles. The van der Waals surface area contributed by atoms with E-state index >= 15 is 0 Å². The molecule has 1 aliphatic heterocycles. The minimum atomic E-state index is -0.249. The summed E-state index contributed by atoms with van der Waals surface area (Å²) in [6, 6.07) is 11.1. The fourth-order valence-corrected chi connectivity index (χ4v) is 3.27. The Morgan fingerprint density at radius 3 is 2.60 bits per heavy atom. The number of aliphatic hydroxyl groups is 1. The smallest absolute Gasteiger partial charge is 0.133 e. The molecule has 1 heterocycles. The summed E-state index contributed by atoms with van der Waals surface area (Å²) >= 11 is 6.75. The van der Waals surface area contributed by atoms with Crippen LogP contribution in [0.1, 0.15) is 23.1 Å². The number of ether oxygens (including phenoxy) is 1. The van der Waals surface area contributed by atoms with E-state index in [9.17, 15) is 10.2 Å². The number of halogens is 2. The maximum absolute atomic E-state index is 9.70. The molecule has 0 amide bonds. The maximum Gasteiger partial charge on any atom is 0.133 e. The Morgan fingerprint density at radius 1 is 1.10 bits per heavy atom. The van der Waals surface area contributed by atoms with Crippen molar-refractivity contribution in [2.45, 2.75) is 12.0 Å². The number of phenolic OH excluding ortho intramolecular Hbond substituents is 1. The summed E-state index contributed by atoms with van der Waals surface area (Å²) in [5, 5.41) is 19.3. The summed E-state index contributed by atoms with van der Waals surface area (Å²) in [5.74, 6) is 0.868. The van der Waals surface area contributed by atoms with Gasteiger partial charge in [-0.15, -0.1) is 0 Å². The zero-order valence-electron chi connectivity index (χ0n) is 10.4. The number of benzene rings is 2. The van der Waals surface area contributed by atoms with Crippen LogP contribution in [0.5, 0.6) is 11.5 Å². The minimum Gasteiger partial charge on any atom is -0.507 e. The molecular weight excluding hydrogens is 388 g/mol. The Balaban J connectivity index is 2.01. The fourth-order valence-electron chi connectivity index (χ4n) is 2.49. The number of fused-ring (bicyclic) bond motifs is 1. The highest BCUT2D eigenvalue weighted by molar-refractivity contribution is 9.10. The SMILES string of the molecule is OC[C@H]1c2cc(Br)ccc2O[C@@H]1c1ccc(O)c(Br)c1. The number of phenols is 1. The Bertz CT molecular complexity index is 658. The van der Waals surface area contributed by atoms with Gasteiger partial charge in [-0.2, -0.15) is 0 Å². The molecule has 5 heteroatoms. The summed E-state index contributed by atoms with van der Waals surface area (Å²) in [4.78, 5) is 0. The predicted octanol–water partition coefficient (Wildman–Crippen LogP) is 4.13. The van der Waals surface area contributed by atoms with Gasteiger partial charge in [-0.05, 0) is 51.8 Å². The summed E-state index contributed by atoms with van der Waals surface area (Å²) in [6.07, 6.45) is -0.249. The van der Waals surface area contributed by atoms with Crippen LogP contribution in [0.3, 0.4) is 0 Å². The second-order valence-corrected chi connectivity index (χ2v) is 6.49. The van der Waals surface area contributed by atoms with Gasteiger partial charge in [0.1, 0.15) is 17.6 Å². The summed E-state index contributed by atoms with van der Waals surface area (Å²) in [5.41, 5.74) is 1.91. The van der Waals surface area contributed by atoms with Gasteiger partial charge < -0.3 is 14.9 Å². The lowest BCUT2D eigenvalue weighted by atomic mass is 9.92. The average Bonchev–Trinajstić information content (AvgIpc) is 2.79. The van der Waals surface area contributed by atoms with Crippen molar-refractivity contribution in [1.82, 2.24) is 0 Å². The van der Waals surface area contributed by atoms with E-state index in [0.717, 1.165) is 21.3 Å². The molecular formula is C15H12Br2O3. The van der Waals surface area contributed by atoms with Gasteiger partial charge >= 0.3 is 0 Å². The molecule has 0 bridgehead atoms. The van der Waals surface area contributed by atoms with Crippen LogP contribution in [0.25, 0.3) is 0 Å². The first kappa shape index (κ1) is 13.9. The van der Waals surface area contributed by atoms with Crippen LogP contribution in [0.2, 0.25) is 0 Å². The Kier molecular flexibility index (Phi) is 3.75. The Morgan fingerprint density at radius 2 is 1.90 bits per heavy atom. The standard InChI is InChI=1S/C15H12Br2O3/c16-9-2-4-14-10(6-9)11(7-18)15(20-14)8-1-3-13(19)12(17)5-8/h1-6,11,15,18-19H,7H2/t11-,15+/m0/s1. The van der Waals surface area contributed by atoms with E-state index < -0.39 is 0 Å². The van der Waals surface area contributed by atoms with E-state index in [0.29, 0.717) is 4.47 Å². The molecule has 2 N–H and O–H groups in total. The first-order valence-corrected chi connectivity index (χ1v) is 7.74. The second-order valence-electron chi connectivity index (χ2n) is 4.72. The molecule has 1 aliphatic rings. The number of aliphatic hydroxyl groups excluding tert-OH is 1. The molecule has 0 radical (unpaired) electrons.